The van der Waals surface area contributed by atoms with Gasteiger partial charge in [-0.2, -0.15) is 0 Å². The summed E-state index contributed by atoms with van der Waals surface area (Å²) in [7, 11) is -1.93. The minimum atomic E-state index is -1.97. The van der Waals surface area contributed by atoms with E-state index in [0.717, 1.165) is 22.3 Å². The van der Waals surface area contributed by atoms with Crippen LogP contribution >= 0.6 is 0 Å². The van der Waals surface area contributed by atoms with Gasteiger partial charge in [-0.25, -0.2) is 0 Å². The molecule has 6 nitrogen and oxygen atoms in total. The summed E-state index contributed by atoms with van der Waals surface area (Å²) in [5, 5.41) is 12.3. The second-order valence-corrected chi connectivity index (χ2v) is 17.3. The van der Waals surface area contributed by atoms with Crippen LogP contribution in [0.5, 0.6) is 0 Å². The molecule has 1 unspecified atom stereocenters. The van der Waals surface area contributed by atoms with Gasteiger partial charge < -0.3 is 28.8 Å². The SMILES string of the molecule is C[Si](C)(C)C#CC1(O)O[C@H](COCc2ccccc2)[C@H](OCc2ccccc2)[C@H](OCc2ccccc2)[C@H]1OCc1ccccc1. The fourth-order valence-corrected chi connectivity index (χ4v) is 5.78. The molecule has 0 bridgehead atoms. The molecule has 4 aromatic carbocycles. The van der Waals surface area contributed by atoms with Gasteiger partial charge in [-0.15, -0.1) is 5.54 Å². The van der Waals surface area contributed by atoms with E-state index >= 15 is 0 Å². The van der Waals surface area contributed by atoms with Crippen molar-refractivity contribution in [2.75, 3.05) is 6.61 Å². The van der Waals surface area contributed by atoms with Gasteiger partial charge in [0, 0.05) is 0 Å². The van der Waals surface area contributed by atoms with Crippen LogP contribution in [0.1, 0.15) is 22.3 Å². The van der Waals surface area contributed by atoms with Crippen molar-refractivity contribution in [2.24, 2.45) is 0 Å². The van der Waals surface area contributed by atoms with Crippen LogP contribution in [0.3, 0.4) is 0 Å². The molecule has 0 saturated carbocycles. The van der Waals surface area contributed by atoms with E-state index in [1.165, 1.54) is 0 Å². The summed E-state index contributed by atoms with van der Waals surface area (Å²) in [6, 6.07) is 39.7. The van der Waals surface area contributed by atoms with E-state index in [0.29, 0.717) is 13.2 Å². The molecule has 1 N–H and O–H groups in total. The Morgan fingerprint density at radius 2 is 1.02 bits per heavy atom. The van der Waals surface area contributed by atoms with Crippen molar-refractivity contribution in [3.05, 3.63) is 144 Å². The van der Waals surface area contributed by atoms with Crippen molar-refractivity contribution in [1.82, 2.24) is 0 Å². The van der Waals surface area contributed by atoms with Gasteiger partial charge in [0.05, 0.1) is 33.0 Å². The average Bonchev–Trinajstić information content (AvgIpc) is 3.07. The van der Waals surface area contributed by atoms with Crippen molar-refractivity contribution < 1.29 is 28.8 Å². The van der Waals surface area contributed by atoms with Crippen molar-refractivity contribution >= 4 is 8.07 Å². The number of hydrogen-bond donors (Lipinski definition) is 1. The Bertz CT molecular complexity index is 1520. The van der Waals surface area contributed by atoms with E-state index in [1.807, 2.05) is 121 Å². The third-order valence-electron chi connectivity index (χ3n) is 7.56. The maximum atomic E-state index is 12.3. The van der Waals surface area contributed by atoms with Gasteiger partial charge in [-0.05, 0) is 28.2 Å². The Morgan fingerprint density at radius 3 is 1.48 bits per heavy atom. The molecular formula is C39H44O6Si. The molecule has 1 aliphatic heterocycles. The molecule has 0 aliphatic carbocycles. The normalized spacial score (nSPS) is 23.0. The standard InChI is InChI=1S/C39H44O6Si/c1-46(2,3)25-24-39(40)38(44-29-34-22-14-7-15-23-34)37(43-28-33-20-12-6-13-21-33)36(42-27-32-18-10-5-11-19-32)35(45-39)30-41-26-31-16-8-4-9-17-31/h4-23,35-38,40H,26-30H2,1-3H3/t35-,36+,37+,38-,39?/m1/s1. The molecular weight excluding hydrogens is 593 g/mol. The molecule has 1 heterocycles. The van der Waals surface area contributed by atoms with Gasteiger partial charge >= 0.3 is 0 Å². The summed E-state index contributed by atoms with van der Waals surface area (Å²) < 4.78 is 32.6. The van der Waals surface area contributed by atoms with Gasteiger partial charge in [0.15, 0.2) is 6.10 Å². The molecule has 5 rings (SSSR count). The lowest BCUT2D eigenvalue weighted by Gasteiger charge is -2.48. The largest absolute Gasteiger partial charge is 0.374 e. The Balaban J connectivity index is 1.50. The minimum absolute atomic E-state index is 0.155. The maximum absolute atomic E-state index is 12.3. The molecule has 5 atom stereocenters. The highest BCUT2D eigenvalue weighted by molar-refractivity contribution is 6.83. The predicted molar refractivity (Wildman–Crippen MR) is 182 cm³/mol. The zero-order valence-corrected chi connectivity index (χ0v) is 27.9. The number of aliphatic hydroxyl groups is 1. The number of rotatable bonds is 13. The zero-order chi connectivity index (χ0) is 32.2. The highest BCUT2D eigenvalue weighted by atomic mass is 28.3. The highest BCUT2D eigenvalue weighted by Crippen LogP contribution is 2.36. The quantitative estimate of drug-likeness (QED) is 0.127. The van der Waals surface area contributed by atoms with Gasteiger partial charge in [-0.1, -0.05) is 141 Å². The number of ether oxygens (including phenoxy) is 5. The number of benzene rings is 4. The average molecular weight is 637 g/mol. The first kappa shape index (κ1) is 33.8. The summed E-state index contributed by atoms with van der Waals surface area (Å²) in [6.45, 7) is 7.76. The Kier molecular flexibility index (Phi) is 12.0. The van der Waals surface area contributed by atoms with Crippen LogP contribution in [-0.4, -0.2) is 50.0 Å². The molecule has 0 aromatic heterocycles. The van der Waals surface area contributed by atoms with E-state index in [1.54, 1.807) is 0 Å². The van der Waals surface area contributed by atoms with Crippen molar-refractivity contribution in [1.29, 1.82) is 0 Å². The monoisotopic (exact) mass is 636 g/mol. The molecule has 0 radical (unpaired) electrons. The first-order chi connectivity index (χ1) is 22.3. The van der Waals surface area contributed by atoms with E-state index in [-0.39, 0.29) is 19.8 Å². The summed E-state index contributed by atoms with van der Waals surface area (Å²) in [5.74, 6) is 1.15. The van der Waals surface area contributed by atoms with Crippen molar-refractivity contribution in [3.63, 3.8) is 0 Å². The third kappa shape index (κ3) is 9.96. The van der Waals surface area contributed by atoms with Gasteiger partial charge in [-0.3, -0.25) is 0 Å². The first-order valence-electron chi connectivity index (χ1n) is 15.8. The van der Waals surface area contributed by atoms with E-state index in [2.05, 4.69) is 31.1 Å². The van der Waals surface area contributed by atoms with Crippen LogP contribution < -0.4 is 0 Å². The topological polar surface area (TPSA) is 66.4 Å². The van der Waals surface area contributed by atoms with Crippen LogP contribution in [0, 0.1) is 11.5 Å². The molecule has 1 saturated heterocycles. The van der Waals surface area contributed by atoms with Crippen LogP contribution in [0.25, 0.3) is 0 Å². The lowest BCUT2D eigenvalue weighted by molar-refractivity contribution is -0.347. The molecule has 1 aliphatic rings. The molecule has 1 fully saturated rings. The third-order valence-corrected chi connectivity index (χ3v) is 8.43. The molecule has 46 heavy (non-hydrogen) atoms. The fourth-order valence-electron chi connectivity index (χ4n) is 5.23. The van der Waals surface area contributed by atoms with Crippen LogP contribution in [-0.2, 0) is 50.1 Å². The van der Waals surface area contributed by atoms with Gasteiger partial charge in [0.1, 0.15) is 26.4 Å². The second-order valence-electron chi connectivity index (χ2n) is 12.6. The predicted octanol–water partition coefficient (Wildman–Crippen LogP) is 6.93. The van der Waals surface area contributed by atoms with Crippen LogP contribution in [0.15, 0.2) is 121 Å². The van der Waals surface area contributed by atoms with Crippen molar-refractivity contribution in [3.8, 4) is 11.5 Å². The van der Waals surface area contributed by atoms with E-state index < -0.39 is 38.3 Å². The lowest BCUT2D eigenvalue weighted by Crippen LogP contribution is -2.66. The lowest BCUT2D eigenvalue weighted by atomic mass is 9.91. The summed E-state index contributed by atoms with van der Waals surface area (Å²) >= 11 is 0. The van der Waals surface area contributed by atoms with E-state index in [9.17, 15) is 5.11 Å². The van der Waals surface area contributed by atoms with Gasteiger partial charge in [0.25, 0.3) is 5.79 Å². The molecule has 0 spiro atoms. The number of hydrogen-bond acceptors (Lipinski definition) is 6. The summed E-state index contributed by atoms with van der Waals surface area (Å²) in [4.78, 5) is 0. The van der Waals surface area contributed by atoms with Crippen LogP contribution in [0.4, 0.5) is 0 Å². The Labute approximate surface area is 274 Å². The summed E-state index contributed by atoms with van der Waals surface area (Å²) in [5.41, 5.74) is 7.32. The van der Waals surface area contributed by atoms with Crippen molar-refractivity contribution in [2.45, 2.75) is 76.3 Å². The first-order valence-corrected chi connectivity index (χ1v) is 19.3. The van der Waals surface area contributed by atoms with E-state index in [4.69, 9.17) is 23.7 Å². The minimum Gasteiger partial charge on any atom is -0.374 e. The molecule has 0 amide bonds. The highest BCUT2D eigenvalue weighted by Gasteiger charge is 2.56. The molecule has 240 valence electrons. The summed E-state index contributed by atoms with van der Waals surface area (Å²) in [6.07, 6.45) is -3.07. The van der Waals surface area contributed by atoms with Gasteiger partial charge in [0.2, 0.25) is 0 Å². The maximum Gasteiger partial charge on any atom is 0.261 e. The Hall–Kier alpha value is -3.58. The smallest absolute Gasteiger partial charge is 0.261 e. The molecule has 4 aromatic rings. The second kappa shape index (κ2) is 16.3. The zero-order valence-electron chi connectivity index (χ0n) is 26.9. The fraction of sp³-hybridized carbons (Fsp3) is 0.333. The Morgan fingerprint density at radius 1 is 0.609 bits per heavy atom. The molecule has 7 heteroatoms. The van der Waals surface area contributed by atoms with Crippen LogP contribution in [0.2, 0.25) is 19.6 Å².